The van der Waals surface area contributed by atoms with Gasteiger partial charge in [0.1, 0.15) is 17.6 Å². The summed E-state index contributed by atoms with van der Waals surface area (Å²) in [5.41, 5.74) is 2.96. The van der Waals surface area contributed by atoms with Gasteiger partial charge in [-0.25, -0.2) is 9.82 Å². The Morgan fingerprint density at radius 3 is 2.59 bits per heavy atom. The summed E-state index contributed by atoms with van der Waals surface area (Å²) in [5.74, 6) is 5.65. The molecule has 0 saturated carbocycles. The van der Waals surface area contributed by atoms with E-state index in [0.717, 1.165) is 4.47 Å². The molecule has 0 radical (unpaired) electrons. The van der Waals surface area contributed by atoms with Crippen LogP contribution in [-0.2, 0) is 0 Å². The predicted molar refractivity (Wildman–Crippen MR) is 69.7 cm³/mol. The molecule has 1 atom stereocenters. The average molecular weight is 364 g/mol. The van der Waals surface area contributed by atoms with Crippen LogP contribution in [0.2, 0.25) is 0 Å². The summed E-state index contributed by atoms with van der Waals surface area (Å²) >= 11 is 6.49. The Bertz CT molecular complexity index is 530. The fraction of sp³-hybridized carbons (Fsp3) is 0.0909. The van der Waals surface area contributed by atoms with Crippen molar-refractivity contribution >= 4 is 31.9 Å². The molecule has 0 aliphatic heterocycles. The van der Waals surface area contributed by atoms with Crippen LogP contribution in [0, 0.1) is 5.82 Å². The summed E-state index contributed by atoms with van der Waals surface area (Å²) in [6.45, 7) is 0. The first-order chi connectivity index (χ1) is 8.11. The summed E-state index contributed by atoms with van der Waals surface area (Å²) in [7, 11) is 0. The van der Waals surface area contributed by atoms with Crippen molar-refractivity contribution in [2.75, 3.05) is 0 Å². The van der Waals surface area contributed by atoms with Crippen molar-refractivity contribution in [1.82, 2.24) is 5.43 Å². The molecule has 1 aromatic heterocycles. The predicted octanol–water partition coefficient (Wildman–Crippen LogP) is 3.50. The van der Waals surface area contributed by atoms with Crippen LogP contribution in [-0.4, -0.2) is 0 Å². The zero-order chi connectivity index (χ0) is 12.4. The Hall–Kier alpha value is -0.690. The Kier molecular flexibility index (Phi) is 3.98. The summed E-state index contributed by atoms with van der Waals surface area (Å²) in [6.07, 6.45) is 0. The number of rotatable bonds is 3. The molecule has 90 valence electrons. The third-order valence-electron chi connectivity index (χ3n) is 2.31. The summed E-state index contributed by atoms with van der Waals surface area (Å²) < 4.78 is 20.5. The summed E-state index contributed by atoms with van der Waals surface area (Å²) in [4.78, 5) is 0. The van der Waals surface area contributed by atoms with Crippen molar-refractivity contribution in [3.63, 3.8) is 0 Å². The zero-order valence-corrected chi connectivity index (χ0v) is 11.8. The molecule has 17 heavy (non-hydrogen) atoms. The molecule has 0 aliphatic rings. The molecule has 3 N–H and O–H groups in total. The van der Waals surface area contributed by atoms with Crippen molar-refractivity contribution < 1.29 is 8.81 Å². The summed E-state index contributed by atoms with van der Waals surface area (Å²) in [6, 6.07) is 7.60. The molecule has 1 heterocycles. The lowest BCUT2D eigenvalue weighted by molar-refractivity contribution is 0.428. The van der Waals surface area contributed by atoms with Crippen LogP contribution in [0.4, 0.5) is 4.39 Å². The van der Waals surface area contributed by atoms with E-state index in [1.54, 1.807) is 24.3 Å². The maximum absolute atomic E-state index is 13.7. The van der Waals surface area contributed by atoms with Gasteiger partial charge in [-0.05, 0) is 46.3 Å². The van der Waals surface area contributed by atoms with E-state index < -0.39 is 6.04 Å². The first-order valence-electron chi connectivity index (χ1n) is 4.78. The van der Waals surface area contributed by atoms with E-state index in [9.17, 15) is 4.39 Å². The first kappa shape index (κ1) is 12.8. The Morgan fingerprint density at radius 1 is 1.24 bits per heavy atom. The second-order valence-corrected chi connectivity index (χ2v) is 5.10. The van der Waals surface area contributed by atoms with Crippen molar-refractivity contribution in [1.29, 1.82) is 0 Å². The second kappa shape index (κ2) is 5.30. The molecule has 1 unspecified atom stereocenters. The van der Waals surface area contributed by atoms with Crippen LogP contribution >= 0.6 is 31.9 Å². The average Bonchev–Trinajstić information content (AvgIpc) is 2.71. The standard InChI is InChI=1S/C11H9Br2FN2O/c12-6-1-2-8(14)7(5-6)11(16-15)9-3-4-10(13)17-9/h1-5,11,16H,15H2. The molecule has 1 aromatic carbocycles. The zero-order valence-electron chi connectivity index (χ0n) is 8.58. The smallest absolute Gasteiger partial charge is 0.169 e. The second-order valence-electron chi connectivity index (χ2n) is 3.41. The molecule has 6 heteroatoms. The first-order valence-corrected chi connectivity index (χ1v) is 6.36. The number of hydrazine groups is 1. The molecule has 0 spiro atoms. The van der Waals surface area contributed by atoms with Crippen molar-refractivity contribution in [2.45, 2.75) is 6.04 Å². The number of nitrogens with two attached hydrogens (primary N) is 1. The molecule has 0 fully saturated rings. The van der Waals surface area contributed by atoms with E-state index in [4.69, 9.17) is 10.3 Å². The third kappa shape index (κ3) is 2.77. The van der Waals surface area contributed by atoms with Crippen molar-refractivity contribution in [3.05, 3.63) is 56.6 Å². The van der Waals surface area contributed by atoms with Gasteiger partial charge in [0.05, 0.1) is 0 Å². The van der Waals surface area contributed by atoms with Gasteiger partial charge < -0.3 is 4.42 Å². The van der Waals surface area contributed by atoms with Crippen molar-refractivity contribution in [3.8, 4) is 0 Å². The molecule has 0 saturated heterocycles. The van der Waals surface area contributed by atoms with Gasteiger partial charge in [0.25, 0.3) is 0 Å². The van der Waals surface area contributed by atoms with Crippen LogP contribution in [0.25, 0.3) is 0 Å². The molecule has 0 bridgehead atoms. The molecule has 0 amide bonds. The van der Waals surface area contributed by atoms with E-state index in [1.807, 2.05) is 0 Å². The molecule has 3 nitrogen and oxygen atoms in total. The normalized spacial score (nSPS) is 12.7. The van der Waals surface area contributed by atoms with Gasteiger partial charge in [0, 0.05) is 10.0 Å². The number of benzene rings is 1. The highest BCUT2D eigenvalue weighted by Crippen LogP contribution is 2.28. The maximum Gasteiger partial charge on any atom is 0.169 e. The Labute approximate surface area is 114 Å². The van der Waals surface area contributed by atoms with Gasteiger partial charge in [-0.1, -0.05) is 15.9 Å². The van der Waals surface area contributed by atoms with Crippen LogP contribution in [0.5, 0.6) is 0 Å². The number of hydrogen-bond donors (Lipinski definition) is 2. The summed E-state index contributed by atoms with van der Waals surface area (Å²) in [5, 5.41) is 0. The number of halogens is 3. The Morgan fingerprint density at radius 2 is 2.00 bits per heavy atom. The largest absolute Gasteiger partial charge is 0.452 e. The maximum atomic E-state index is 13.7. The minimum absolute atomic E-state index is 0.344. The van der Waals surface area contributed by atoms with Gasteiger partial charge in [0.15, 0.2) is 4.67 Å². The topological polar surface area (TPSA) is 51.2 Å². The highest BCUT2D eigenvalue weighted by molar-refractivity contribution is 9.10. The number of furan rings is 1. The lowest BCUT2D eigenvalue weighted by atomic mass is 10.0. The van der Waals surface area contributed by atoms with Gasteiger partial charge >= 0.3 is 0 Å². The highest BCUT2D eigenvalue weighted by atomic mass is 79.9. The van der Waals surface area contributed by atoms with E-state index in [0.29, 0.717) is 16.0 Å². The van der Waals surface area contributed by atoms with Gasteiger partial charge in [-0.2, -0.15) is 0 Å². The van der Waals surface area contributed by atoms with E-state index in [2.05, 4.69) is 37.3 Å². The third-order valence-corrected chi connectivity index (χ3v) is 3.23. The highest BCUT2D eigenvalue weighted by Gasteiger charge is 2.20. The van der Waals surface area contributed by atoms with E-state index in [1.165, 1.54) is 6.07 Å². The fourth-order valence-electron chi connectivity index (χ4n) is 1.54. The number of nitrogens with one attached hydrogen (secondary N) is 1. The van der Waals surface area contributed by atoms with E-state index >= 15 is 0 Å². The van der Waals surface area contributed by atoms with Gasteiger partial charge in [-0.3, -0.25) is 5.84 Å². The van der Waals surface area contributed by atoms with Crippen LogP contribution in [0.1, 0.15) is 17.4 Å². The van der Waals surface area contributed by atoms with E-state index in [-0.39, 0.29) is 5.82 Å². The van der Waals surface area contributed by atoms with Crippen LogP contribution in [0.15, 0.2) is 43.9 Å². The lowest BCUT2D eigenvalue weighted by Gasteiger charge is -2.14. The SMILES string of the molecule is NNC(c1ccc(Br)o1)c1cc(Br)ccc1F. The van der Waals surface area contributed by atoms with Crippen molar-refractivity contribution in [2.24, 2.45) is 5.84 Å². The lowest BCUT2D eigenvalue weighted by Crippen LogP contribution is -2.29. The molecular formula is C11H9Br2FN2O. The fourth-order valence-corrected chi connectivity index (χ4v) is 2.24. The molecule has 0 aliphatic carbocycles. The number of hydrogen-bond acceptors (Lipinski definition) is 3. The Balaban J connectivity index is 2.45. The molecule has 2 rings (SSSR count). The van der Waals surface area contributed by atoms with Crippen LogP contribution < -0.4 is 11.3 Å². The minimum Gasteiger partial charge on any atom is -0.452 e. The van der Waals surface area contributed by atoms with Crippen LogP contribution in [0.3, 0.4) is 0 Å². The minimum atomic E-state index is -0.529. The van der Waals surface area contributed by atoms with Gasteiger partial charge in [-0.15, -0.1) is 0 Å². The quantitative estimate of drug-likeness (QED) is 0.648. The van der Waals surface area contributed by atoms with Gasteiger partial charge in [0.2, 0.25) is 0 Å². The molecular weight excluding hydrogens is 355 g/mol. The molecule has 2 aromatic rings. The monoisotopic (exact) mass is 362 g/mol.